The molecule has 14 heavy (non-hydrogen) atoms. The molecule has 0 aromatic rings. The monoisotopic (exact) mass is 200 g/mol. The number of hydrogen-bond donors (Lipinski definition) is 3. The molecular weight excluding hydrogens is 184 g/mol. The molecule has 1 atom stereocenters. The first-order chi connectivity index (χ1) is 6.44. The van der Waals surface area contributed by atoms with Crippen LogP contribution in [-0.2, 0) is 0 Å². The second-order valence-electron chi connectivity index (χ2n) is 3.70. The Morgan fingerprint density at radius 2 is 2.21 bits per heavy atom. The van der Waals surface area contributed by atoms with Crippen molar-refractivity contribution in [2.24, 2.45) is 5.41 Å². The van der Waals surface area contributed by atoms with Crippen LogP contribution < -0.4 is 5.32 Å². The van der Waals surface area contributed by atoms with Gasteiger partial charge in [0.05, 0.1) is 17.5 Å². The fourth-order valence-corrected chi connectivity index (χ4v) is 1.14. The van der Waals surface area contributed by atoms with Gasteiger partial charge in [0, 0.05) is 6.61 Å². The zero-order chi connectivity index (χ0) is 11.2. The number of nitrogens with zero attached hydrogens (tertiary/aromatic N) is 1. The maximum absolute atomic E-state index is 10.5. The van der Waals surface area contributed by atoms with E-state index in [0.717, 1.165) is 0 Å². The molecule has 0 saturated heterocycles. The summed E-state index contributed by atoms with van der Waals surface area (Å²) in [5.74, 6) is 0. The van der Waals surface area contributed by atoms with Crippen molar-refractivity contribution in [2.75, 3.05) is 6.61 Å². The minimum Gasteiger partial charge on any atom is -0.465 e. The Bertz CT molecular complexity index is 233. The summed E-state index contributed by atoms with van der Waals surface area (Å²) < 4.78 is 0. The number of aliphatic hydroxyl groups excluding tert-OH is 1. The van der Waals surface area contributed by atoms with Gasteiger partial charge >= 0.3 is 6.09 Å². The van der Waals surface area contributed by atoms with E-state index in [9.17, 15) is 4.79 Å². The molecule has 0 aromatic heterocycles. The van der Waals surface area contributed by atoms with Gasteiger partial charge in [-0.15, -0.1) is 0 Å². The highest BCUT2D eigenvalue weighted by molar-refractivity contribution is 5.65. The minimum absolute atomic E-state index is 0.000687. The van der Waals surface area contributed by atoms with E-state index in [1.54, 1.807) is 13.8 Å². The third-order valence-corrected chi connectivity index (χ3v) is 2.11. The predicted octanol–water partition coefficient (Wildman–Crippen LogP) is 0.945. The number of aliphatic hydroxyl groups is 1. The quantitative estimate of drug-likeness (QED) is 0.615. The molecule has 0 fully saturated rings. The fraction of sp³-hybridized carbons (Fsp3) is 0.778. The largest absolute Gasteiger partial charge is 0.465 e. The van der Waals surface area contributed by atoms with Crippen LogP contribution in [0.25, 0.3) is 0 Å². The summed E-state index contributed by atoms with van der Waals surface area (Å²) >= 11 is 0. The van der Waals surface area contributed by atoms with Crippen molar-refractivity contribution in [1.29, 1.82) is 5.26 Å². The van der Waals surface area contributed by atoms with E-state index in [4.69, 9.17) is 15.5 Å². The molecule has 80 valence electrons. The first-order valence-corrected chi connectivity index (χ1v) is 4.45. The van der Waals surface area contributed by atoms with Crippen molar-refractivity contribution >= 4 is 6.09 Å². The van der Waals surface area contributed by atoms with Crippen LogP contribution >= 0.6 is 0 Å². The van der Waals surface area contributed by atoms with E-state index in [1.807, 2.05) is 6.07 Å². The Morgan fingerprint density at radius 3 is 2.57 bits per heavy atom. The van der Waals surface area contributed by atoms with Gasteiger partial charge in [0.1, 0.15) is 0 Å². The van der Waals surface area contributed by atoms with Crippen LogP contribution in [0.1, 0.15) is 26.7 Å². The van der Waals surface area contributed by atoms with Crippen LogP contribution in [0.2, 0.25) is 0 Å². The summed E-state index contributed by atoms with van der Waals surface area (Å²) in [4.78, 5) is 10.5. The van der Waals surface area contributed by atoms with Crippen LogP contribution in [0.15, 0.2) is 0 Å². The van der Waals surface area contributed by atoms with Gasteiger partial charge in [0.15, 0.2) is 0 Å². The van der Waals surface area contributed by atoms with Crippen LogP contribution in [0.5, 0.6) is 0 Å². The highest BCUT2D eigenvalue weighted by atomic mass is 16.4. The molecule has 1 unspecified atom stereocenters. The molecule has 0 aliphatic carbocycles. The maximum Gasteiger partial charge on any atom is 0.404 e. The fourth-order valence-electron chi connectivity index (χ4n) is 1.14. The predicted molar refractivity (Wildman–Crippen MR) is 50.7 cm³/mol. The minimum atomic E-state index is -1.14. The van der Waals surface area contributed by atoms with E-state index in [0.29, 0.717) is 12.8 Å². The summed E-state index contributed by atoms with van der Waals surface area (Å²) in [5, 5.41) is 28.3. The van der Waals surface area contributed by atoms with E-state index in [1.165, 1.54) is 0 Å². The number of rotatable bonds is 5. The lowest BCUT2D eigenvalue weighted by molar-refractivity contribution is 0.175. The molecule has 0 aliphatic rings. The van der Waals surface area contributed by atoms with Crippen LogP contribution in [0.4, 0.5) is 4.79 Å². The molecule has 0 radical (unpaired) electrons. The third kappa shape index (κ3) is 4.10. The van der Waals surface area contributed by atoms with Gasteiger partial charge in [-0.2, -0.15) is 5.26 Å². The SMILES string of the molecule is CC(C)(C#N)C(CCCO)NC(=O)O. The highest BCUT2D eigenvalue weighted by Gasteiger charge is 2.30. The van der Waals surface area contributed by atoms with Crippen molar-refractivity contribution in [3.63, 3.8) is 0 Å². The molecular formula is C9H16N2O3. The van der Waals surface area contributed by atoms with E-state index in [-0.39, 0.29) is 6.61 Å². The first kappa shape index (κ1) is 12.7. The van der Waals surface area contributed by atoms with Gasteiger partial charge in [-0.05, 0) is 26.7 Å². The van der Waals surface area contributed by atoms with Gasteiger partial charge < -0.3 is 15.5 Å². The smallest absolute Gasteiger partial charge is 0.404 e. The highest BCUT2D eigenvalue weighted by Crippen LogP contribution is 2.22. The summed E-state index contributed by atoms with van der Waals surface area (Å²) in [5.41, 5.74) is -0.756. The Labute approximate surface area is 83.4 Å². The summed E-state index contributed by atoms with van der Waals surface area (Å²) in [6, 6.07) is 1.60. The molecule has 0 aliphatic heterocycles. The van der Waals surface area contributed by atoms with Crippen molar-refractivity contribution < 1.29 is 15.0 Å². The summed E-state index contributed by atoms with van der Waals surface area (Å²) in [6.07, 6.45) is -0.198. The van der Waals surface area contributed by atoms with Crippen molar-refractivity contribution in [1.82, 2.24) is 5.32 Å². The normalized spacial score (nSPS) is 13.0. The zero-order valence-electron chi connectivity index (χ0n) is 8.45. The van der Waals surface area contributed by atoms with E-state index in [2.05, 4.69) is 5.32 Å². The molecule has 0 heterocycles. The Morgan fingerprint density at radius 1 is 1.64 bits per heavy atom. The molecule has 0 rings (SSSR count). The Hall–Kier alpha value is -1.28. The van der Waals surface area contributed by atoms with Crippen molar-refractivity contribution in [2.45, 2.75) is 32.7 Å². The number of carbonyl (C=O) groups is 1. The molecule has 1 amide bonds. The number of nitrogens with one attached hydrogen (secondary N) is 1. The molecule has 0 spiro atoms. The van der Waals surface area contributed by atoms with Gasteiger partial charge in [0.2, 0.25) is 0 Å². The van der Waals surface area contributed by atoms with Gasteiger partial charge in [-0.1, -0.05) is 0 Å². The van der Waals surface area contributed by atoms with Crippen molar-refractivity contribution in [3.8, 4) is 6.07 Å². The molecule has 5 nitrogen and oxygen atoms in total. The lowest BCUT2D eigenvalue weighted by atomic mass is 9.83. The average molecular weight is 200 g/mol. The van der Waals surface area contributed by atoms with E-state index >= 15 is 0 Å². The topological polar surface area (TPSA) is 93.4 Å². The van der Waals surface area contributed by atoms with Crippen molar-refractivity contribution in [3.05, 3.63) is 0 Å². The Balaban J connectivity index is 4.39. The third-order valence-electron chi connectivity index (χ3n) is 2.11. The first-order valence-electron chi connectivity index (χ1n) is 4.45. The summed E-state index contributed by atoms with van der Waals surface area (Å²) in [7, 11) is 0. The zero-order valence-corrected chi connectivity index (χ0v) is 8.45. The van der Waals surface area contributed by atoms with Gasteiger partial charge in [-0.3, -0.25) is 0 Å². The molecule has 3 N–H and O–H groups in total. The average Bonchev–Trinajstić information content (AvgIpc) is 2.11. The summed E-state index contributed by atoms with van der Waals surface area (Å²) in [6.45, 7) is 3.34. The molecule has 5 heteroatoms. The molecule has 0 aromatic carbocycles. The van der Waals surface area contributed by atoms with Crippen LogP contribution in [0, 0.1) is 16.7 Å². The van der Waals surface area contributed by atoms with E-state index < -0.39 is 17.6 Å². The van der Waals surface area contributed by atoms with Gasteiger partial charge in [0.25, 0.3) is 0 Å². The number of hydrogen-bond acceptors (Lipinski definition) is 3. The lowest BCUT2D eigenvalue weighted by Gasteiger charge is -2.27. The maximum atomic E-state index is 10.5. The number of carboxylic acid groups (broad SMARTS) is 1. The molecule has 0 bridgehead atoms. The number of nitriles is 1. The second-order valence-corrected chi connectivity index (χ2v) is 3.70. The Kier molecular flexibility index (Phi) is 4.95. The van der Waals surface area contributed by atoms with Crippen LogP contribution in [0.3, 0.4) is 0 Å². The standard InChI is InChI=1S/C9H16N2O3/c1-9(2,6-10)7(4-3-5-12)11-8(13)14/h7,11-12H,3-5H2,1-2H3,(H,13,14). The van der Waals surface area contributed by atoms with Gasteiger partial charge in [-0.25, -0.2) is 4.79 Å². The number of amides is 1. The lowest BCUT2D eigenvalue weighted by Crippen LogP contribution is -2.43. The van der Waals surface area contributed by atoms with Crippen LogP contribution in [-0.4, -0.2) is 29.0 Å². The molecule has 0 saturated carbocycles. The second kappa shape index (κ2) is 5.45.